The van der Waals surface area contributed by atoms with E-state index in [1.54, 1.807) is 14.7 Å². The van der Waals surface area contributed by atoms with E-state index in [4.69, 9.17) is 4.74 Å². The van der Waals surface area contributed by atoms with Gasteiger partial charge in [0.05, 0.1) is 30.1 Å². The highest BCUT2D eigenvalue weighted by Crippen LogP contribution is 2.58. The standard InChI is InChI=1S/C38H48N4O5/c1-6-39(7-2)28-15-17-29(18-16-28)41-22-12-20-38-32(35(45)42(33(38)36(41)46)30(25-43)23-26(3)4)31-34(44)40(21-11-19-37(31,5)47-38)24-27-13-9-8-10-14-27/h8-20,26,30-33,43H,6-7,21-25H2,1-5H3/t30-,31+,32+,33?,37-,38+/m1/s1. The molecular formula is C38H48N4O5. The Bertz CT molecular complexity index is 1540. The zero-order valence-corrected chi connectivity index (χ0v) is 28.2. The first-order valence-electron chi connectivity index (χ1n) is 17.1. The van der Waals surface area contributed by atoms with E-state index in [1.165, 1.54) is 0 Å². The fourth-order valence-corrected chi connectivity index (χ4v) is 8.33. The first-order chi connectivity index (χ1) is 22.6. The molecule has 4 aliphatic heterocycles. The van der Waals surface area contributed by atoms with Crippen molar-refractivity contribution in [3.05, 3.63) is 84.5 Å². The van der Waals surface area contributed by atoms with E-state index in [1.807, 2.05) is 99.7 Å². The van der Waals surface area contributed by atoms with Crippen LogP contribution < -0.4 is 9.80 Å². The molecule has 0 aliphatic carbocycles. The summed E-state index contributed by atoms with van der Waals surface area (Å²) in [5, 5.41) is 10.7. The van der Waals surface area contributed by atoms with Crippen LogP contribution in [-0.4, -0.2) is 88.7 Å². The fourth-order valence-electron chi connectivity index (χ4n) is 8.33. The van der Waals surface area contributed by atoms with Gasteiger partial charge in [-0.05, 0) is 62.9 Å². The van der Waals surface area contributed by atoms with Gasteiger partial charge in [0, 0.05) is 44.1 Å². The van der Waals surface area contributed by atoms with E-state index >= 15 is 0 Å². The highest BCUT2D eigenvalue weighted by molar-refractivity contribution is 6.06. The third-order valence-corrected chi connectivity index (χ3v) is 10.4. The molecule has 47 heavy (non-hydrogen) atoms. The van der Waals surface area contributed by atoms with E-state index in [-0.39, 0.29) is 30.2 Å². The second-order valence-corrected chi connectivity index (χ2v) is 13.9. The molecule has 9 nitrogen and oxygen atoms in total. The summed E-state index contributed by atoms with van der Waals surface area (Å²) in [5.41, 5.74) is 0.291. The van der Waals surface area contributed by atoms with Crippen LogP contribution in [0.4, 0.5) is 11.4 Å². The second kappa shape index (κ2) is 12.9. The number of aliphatic hydroxyl groups excluding tert-OH is 1. The van der Waals surface area contributed by atoms with Gasteiger partial charge in [-0.15, -0.1) is 0 Å². The van der Waals surface area contributed by atoms with Crippen LogP contribution in [0.3, 0.4) is 0 Å². The maximum absolute atomic E-state index is 14.9. The van der Waals surface area contributed by atoms with Crippen molar-refractivity contribution in [3.63, 3.8) is 0 Å². The number of aliphatic hydroxyl groups is 1. The Balaban J connectivity index is 1.43. The second-order valence-electron chi connectivity index (χ2n) is 13.9. The van der Waals surface area contributed by atoms with Crippen LogP contribution in [0.25, 0.3) is 0 Å². The van der Waals surface area contributed by atoms with Crippen LogP contribution in [0.1, 0.15) is 46.6 Å². The van der Waals surface area contributed by atoms with E-state index in [0.29, 0.717) is 26.1 Å². The van der Waals surface area contributed by atoms with E-state index < -0.39 is 35.1 Å². The average molecular weight is 641 g/mol. The SMILES string of the molecule is CCN(CC)c1ccc(N2CC=C[C@]34O[C@]5(C)C=CCN(Cc6ccccc6)C(=O)[C@@H]5[C@H]3C(=O)N([C@@H](CO)CC(C)C)C4C2=O)cc1. The third kappa shape index (κ3) is 5.57. The number of amides is 3. The maximum Gasteiger partial charge on any atom is 0.253 e. The molecule has 1 unspecified atom stereocenters. The summed E-state index contributed by atoms with van der Waals surface area (Å²) in [4.78, 5) is 51.7. The summed E-state index contributed by atoms with van der Waals surface area (Å²) >= 11 is 0. The highest BCUT2D eigenvalue weighted by atomic mass is 16.5. The molecule has 9 heteroatoms. The number of fused-ring (bicyclic) bond motifs is 2. The van der Waals surface area contributed by atoms with Crippen LogP contribution >= 0.6 is 0 Å². The average Bonchev–Trinajstić information content (AvgIpc) is 3.34. The normalized spacial score (nSPS) is 29.1. The highest BCUT2D eigenvalue weighted by Gasteiger charge is 2.75. The summed E-state index contributed by atoms with van der Waals surface area (Å²) in [6.45, 7) is 12.7. The van der Waals surface area contributed by atoms with Crippen molar-refractivity contribution in [2.24, 2.45) is 17.8 Å². The molecule has 0 bridgehead atoms. The molecule has 3 amide bonds. The van der Waals surface area contributed by atoms with Gasteiger partial charge < -0.3 is 29.4 Å². The van der Waals surface area contributed by atoms with Crippen molar-refractivity contribution < 1.29 is 24.2 Å². The Morgan fingerprint density at radius 3 is 2.21 bits per heavy atom. The minimum atomic E-state index is -1.39. The Kier molecular flexibility index (Phi) is 9.06. The quantitative estimate of drug-likeness (QED) is 0.387. The van der Waals surface area contributed by atoms with Crippen LogP contribution in [0.5, 0.6) is 0 Å². The maximum atomic E-state index is 14.9. The Morgan fingerprint density at radius 1 is 0.894 bits per heavy atom. The number of anilines is 2. The summed E-state index contributed by atoms with van der Waals surface area (Å²) in [7, 11) is 0. The molecule has 6 rings (SSSR count). The molecular weight excluding hydrogens is 592 g/mol. The zero-order chi connectivity index (χ0) is 33.5. The smallest absolute Gasteiger partial charge is 0.253 e. The predicted molar refractivity (Wildman–Crippen MR) is 183 cm³/mol. The molecule has 250 valence electrons. The van der Waals surface area contributed by atoms with Gasteiger partial charge in [0.15, 0.2) is 0 Å². The van der Waals surface area contributed by atoms with Gasteiger partial charge in [-0.25, -0.2) is 0 Å². The van der Waals surface area contributed by atoms with Gasteiger partial charge in [0.1, 0.15) is 11.6 Å². The molecule has 4 heterocycles. The van der Waals surface area contributed by atoms with Crippen molar-refractivity contribution in [3.8, 4) is 0 Å². The predicted octanol–water partition coefficient (Wildman–Crippen LogP) is 4.41. The number of hydrogen-bond acceptors (Lipinski definition) is 6. The molecule has 0 saturated carbocycles. The lowest BCUT2D eigenvalue weighted by Gasteiger charge is -2.40. The largest absolute Gasteiger partial charge is 0.394 e. The van der Waals surface area contributed by atoms with Crippen molar-refractivity contribution in [1.29, 1.82) is 0 Å². The molecule has 0 radical (unpaired) electrons. The van der Waals surface area contributed by atoms with Crippen molar-refractivity contribution in [2.45, 2.75) is 70.9 Å². The minimum Gasteiger partial charge on any atom is -0.394 e. The first kappa shape index (κ1) is 33.0. The molecule has 0 aromatic heterocycles. The Hall–Kier alpha value is -3.95. The van der Waals surface area contributed by atoms with Gasteiger partial charge in [-0.1, -0.05) is 68.5 Å². The molecule has 1 spiro atoms. The number of rotatable bonds is 10. The molecule has 2 aromatic rings. The number of hydrogen-bond donors (Lipinski definition) is 1. The number of likely N-dealkylation sites (tertiary alicyclic amines) is 1. The molecule has 2 aromatic carbocycles. The summed E-state index contributed by atoms with van der Waals surface area (Å²) < 4.78 is 7.01. The molecule has 2 fully saturated rings. The van der Waals surface area contributed by atoms with Gasteiger partial charge in [0.2, 0.25) is 11.8 Å². The summed E-state index contributed by atoms with van der Waals surface area (Å²) in [6, 6.07) is 16.1. The third-order valence-electron chi connectivity index (χ3n) is 10.4. The summed E-state index contributed by atoms with van der Waals surface area (Å²) in [6.07, 6.45) is 8.13. The number of carbonyl (C=O) groups is 3. The number of carbonyl (C=O) groups excluding carboxylic acids is 3. The molecule has 4 aliphatic rings. The van der Waals surface area contributed by atoms with Crippen molar-refractivity contribution in [1.82, 2.24) is 9.80 Å². The topological polar surface area (TPSA) is 93.6 Å². The lowest BCUT2D eigenvalue weighted by Crippen LogP contribution is -2.59. The Labute approximate surface area is 278 Å². The zero-order valence-electron chi connectivity index (χ0n) is 28.2. The monoisotopic (exact) mass is 640 g/mol. The van der Waals surface area contributed by atoms with E-state index in [0.717, 1.165) is 30.0 Å². The van der Waals surface area contributed by atoms with Gasteiger partial charge in [-0.2, -0.15) is 0 Å². The molecule has 2 saturated heterocycles. The van der Waals surface area contributed by atoms with Crippen LogP contribution in [0, 0.1) is 17.8 Å². The lowest BCUT2D eigenvalue weighted by molar-refractivity contribution is -0.151. The van der Waals surface area contributed by atoms with E-state index in [9.17, 15) is 19.5 Å². The Morgan fingerprint density at radius 2 is 1.57 bits per heavy atom. The number of ether oxygens (including phenoxy) is 1. The van der Waals surface area contributed by atoms with Gasteiger partial charge in [0.25, 0.3) is 5.91 Å². The number of nitrogens with zero attached hydrogens (tertiary/aromatic N) is 4. The summed E-state index contributed by atoms with van der Waals surface area (Å²) in [5.74, 6) is -2.38. The van der Waals surface area contributed by atoms with Crippen molar-refractivity contribution in [2.75, 3.05) is 42.6 Å². The van der Waals surface area contributed by atoms with Gasteiger partial charge >= 0.3 is 0 Å². The van der Waals surface area contributed by atoms with Gasteiger partial charge in [-0.3, -0.25) is 14.4 Å². The number of benzene rings is 2. The van der Waals surface area contributed by atoms with Crippen LogP contribution in [0.2, 0.25) is 0 Å². The fraction of sp³-hybridized carbons (Fsp3) is 0.500. The van der Waals surface area contributed by atoms with Crippen LogP contribution in [-0.2, 0) is 25.7 Å². The van der Waals surface area contributed by atoms with Crippen molar-refractivity contribution >= 4 is 29.1 Å². The lowest BCUT2D eigenvalue weighted by atomic mass is 9.74. The van der Waals surface area contributed by atoms with E-state index in [2.05, 4.69) is 18.7 Å². The molecule has 1 N–H and O–H groups in total. The molecule has 6 atom stereocenters. The minimum absolute atomic E-state index is 0.159. The first-order valence-corrected chi connectivity index (χ1v) is 17.1. The van der Waals surface area contributed by atoms with Crippen LogP contribution in [0.15, 0.2) is 78.9 Å².